The molecule has 0 saturated heterocycles. The van der Waals surface area contributed by atoms with Crippen LogP contribution in [0.15, 0.2) is 60.8 Å². The summed E-state index contributed by atoms with van der Waals surface area (Å²) in [6, 6.07) is 16.6. The number of pyridine rings is 1. The third-order valence-electron chi connectivity index (χ3n) is 4.04. The molecule has 0 fully saturated rings. The highest BCUT2D eigenvalue weighted by Crippen LogP contribution is 2.28. The SMILES string of the molecule is COc1ccc(C)cc1Nc1cc(C(=O)NCc2ccccc2Cl)ccn1. The molecule has 1 aromatic heterocycles. The maximum atomic E-state index is 12.5. The molecule has 2 N–H and O–H groups in total. The van der Waals surface area contributed by atoms with Crippen molar-refractivity contribution in [2.24, 2.45) is 0 Å². The number of benzene rings is 2. The molecule has 6 heteroatoms. The van der Waals surface area contributed by atoms with Crippen LogP contribution in [0.25, 0.3) is 0 Å². The van der Waals surface area contributed by atoms with Gasteiger partial charge in [-0.2, -0.15) is 0 Å². The summed E-state index contributed by atoms with van der Waals surface area (Å²) in [5.74, 6) is 1.07. The van der Waals surface area contributed by atoms with E-state index >= 15 is 0 Å². The summed E-state index contributed by atoms with van der Waals surface area (Å²) < 4.78 is 5.37. The van der Waals surface area contributed by atoms with E-state index in [-0.39, 0.29) is 5.91 Å². The summed E-state index contributed by atoms with van der Waals surface area (Å²) in [7, 11) is 1.61. The average Bonchev–Trinajstić information content (AvgIpc) is 2.67. The Labute approximate surface area is 163 Å². The summed E-state index contributed by atoms with van der Waals surface area (Å²) in [6.45, 7) is 2.35. The maximum Gasteiger partial charge on any atom is 0.251 e. The van der Waals surface area contributed by atoms with Gasteiger partial charge in [0.15, 0.2) is 0 Å². The van der Waals surface area contributed by atoms with Gasteiger partial charge in [-0.3, -0.25) is 4.79 Å². The number of nitrogens with one attached hydrogen (secondary N) is 2. The number of methoxy groups -OCH3 is 1. The van der Waals surface area contributed by atoms with Crippen LogP contribution >= 0.6 is 11.6 Å². The lowest BCUT2D eigenvalue weighted by Crippen LogP contribution is -2.23. The van der Waals surface area contributed by atoms with Gasteiger partial charge in [0.05, 0.1) is 12.8 Å². The van der Waals surface area contributed by atoms with E-state index in [2.05, 4.69) is 15.6 Å². The minimum atomic E-state index is -0.198. The fourth-order valence-corrected chi connectivity index (χ4v) is 2.82. The standard InChI is InChI=1S/C21H20ClN3O2/c1-14-7-8-19(27-2)18(11-14)25-20-12-15(9-10-23-20)21(26)24-13-16-5-3-4-6-17(16)22/h3-12H,13H2,1-2H3,(H,23,25)(H,24,26). The van der Waals surface area contributed by atoms with Crippen LogP contribution in [0, 0.1) is 6.92 Å². The van der Waals surface area contributed by atoms with E-state index in [0.29, 0.717) is 28.7 Å². The Balaban J connectivity index is 1.73. The monoisotopic (exact) mass is 381 g/mol. The first kappa shape index (κ1) is 18.7. The molecule has 2 aromatic carbocycles. The normalized spacial score (nSPS) is 10.3. The molecular formula is C21H20ClN3O2. The molecule has 0 aliphatic heterocycles. The lowest BCUT2D eigenvalue weighted by Gasteiger charge is -2.12. The van der Waals surface area contributed by atoms with Crippen molar-refractivity contribution in [3.8, 4) is 5.75 Å². The number of hydrogen-bond donors (Lipinski definition) is 2. The van der Waals surface area contributed by atoms with Gasteiger partial charge in [-0.1, -0.05) is 35.9 Å². The smallest absolute Gasteiger partial charge is 0.251 e. The Bertz CT molecular complexity index is 960. The Hall–Kier alpha value is -3.05. The largest absolute Gasteiger partial charge is 0.495 e. The first-order valence-corrected chi connectivity index (χ1v) is 8.84. The quantitative estimate of drug-likeness (QED) is 0.648. The summed E-state index contributed by atoms with van der Waals surface area (Å²) in [5.41, 5.74) is 3.25. The minimum absolute atomic E-state index is 0.198. The van der Waals surface area contributed by atoms with Gasteiger partial charge in [0.25, 0.3) is 5.91 Å². The molecule has 0 unspecified atom stereocenters. The van der Waals surface area contributed by atoms with Crippen molar-refractivity contribution < 1.29 is 9.53 Å². The van der Waals surface area contributed by atoms with Crippen molar-refractivity contribution in [2.75, 3.05) is 12.4 Å². The number of rotatable bonds is 6. The molecule has 0 saturated carbocycles. The molecule has 0 radical (unpaired) electrons. The average molecular weight is 382 g/mol. The second-order valence-electron chi connectivity index (χ2n) is 6.03. The van der Waals surface area contributed by atoms with Crippen molar-refractivity contribution in [1.29, 1.82) is 0 Å². The van der Waals surface area contributed by atoms with Crippen molar-refractivity contribution in [2.45, 2.75) is 13.5 Å². The second-order valence-corrected chi connectivity index (χ2v) is 6.44. The fourth-order valence-electron chi connectivity index (χ4n) is 2.62. The van der Waals surface area contributed by atoms with Crippen molar-refractivity contribution in [1.82, 2.24) is 10.3 Å². The van der Waals surface area contributed by atoms with Crippen molar-refractivity contribution >= 4 is 29.0 Å². The number of hydrogen-bond acceptors (Lipinski definition) is 4. The Kier molecular flexibility index (Phi) is 5.94. The first-order valence-electron chi connectivity index (χ1n) is 8.46. The molecule has 3 aromatic rings. The zero-order valence-corrected chi connectivity index (χ0v) is 15.9. The molecule has 0 spiro atoms. The van der Waals surface area contributed by atoms with Crippen LogP contribution in [-0.4, -0.2) is 18.0 Å². The van der Waals surface area contributed by atoms with Crippen LogP contribution in [-0.2, 0) is 6.54 Å². The molecule has 0 aliphatic rings. The molecular weight excluding hydrogens is 362 g/mol. The Morgan fingerprint density at radius 3 is 2.74 bits per heavy atom. The van der Waals surface area contributed by atoms with Crippen molar-refractivity contribution in [3.63, 3.8) is 0 Å². The first-order chi connectivity index (χ1) is 13.1. The number of amides is 1. The third-order valence-corrected chi connectivity index (χ3v) is 4.41. The highest BCUT2D eigenvalue weighted by molar-refractivity contribution is 6.31. The van der Waals surface area contributed by atoms with E-state index in [1.165, 1.54) is 0 Å². The Morgan fingerprint density at radius 1 is 1.15 bits per heavy atom. The number of aromatic nitrogens is 1. The summed E-state index contributed by atoms with van der Waals surface area (Å²) in [4.78, 5) is 16.8. The predicted molar refractivity (Wildman–Crippen MR) is 108 cm³/mol. The molecule has 1 heterocycles. The number of anilines is 2. The van der Waals surface area contributed by atoms with Gasteiger partial charge in [-0.15, -0.1) is 0 Å². The summed E-state index contributed by atoms with van der Waals surface area (Å²) >= 11 is 6.13. The highest BCUT2D eigenvalue weighted by atomic mass is 35.5. The number of halogens is 1. The van der Waals surface area contributed by atoms with Crippen molar-refractivity contribution in [3.05, 3.63) is 82.5 Å². The van der Waals surface area contributed by atoms with Crippen LogP contribution in [0.1, 0.15) is 21.5 Å². The molecule has 1 amide bonds. The zero-order chi connectivity index (χ0) is 19.2. The van der Waals surface area contributed by atoms with Gasteiger partial charge >= 0.3 is 0 Å². The van der Waals surface area contributed by atoms with E-state index in [1.807, 2.05) is 43.3 Å². The lowest BCUT2D eigenvalue weighted by molar-refractivity contribution is 0.0951. The van der Waals surface area contributed by atoms with Crippen LogP contribution < -0.4 is 15.4 Å². The molecule has 0 atom stereocenters. The van der Waals surface area contributed by atoms with Gasteiger partial charge in [0.2, 0.25) is 0 Å². The van der Waals surface area contributed by atoms with Gasteiger partial charge < -0.3 is 15.4 Å². The van der Waals surface area contributed by atoms with Crippen LogP contribution in [0.5, 0.6) is 5.75 Å². The lowest BCUT2D eigenvalue weighted by atomic mass is 10.2. The molecule has 3 rings (SSSR count). The molecule has 0 aliphatic carbocycles. The second kappa shape index (κ2) is 8.56. The fraction of sp³-hybridized carbons (Fsp3) is 0.143. The zero-order valence-electron chi connectivity index (χ0n) is 15.1. The number of ether oxygens (including phenoxy) is 1. The van der Waals surface area contributed by atoms with E-state index in [9.17, 15) is 4.79 Å². The topological polar surface area (TPSA) is 63.2 Å². The van der Waals surface area contributed by atoms with E-state index < -0.39 is 0 Å². The van der Waals surface area contributed by atoms with Crippen LogP contribution in [0.2, 0.25) is 5.02 Å². The van der Waals surface area contributed by atoms with Gasteiger partial charge in [0.1, 0.15) is 11.6 Å². The van der Waals surface area contributed by atoms with Gasteiger partial charge in [0, 0.05) is 23.3 Å². The summed E-state index contributed by atoms with van der Waals surface area (Å²) in [5, 5.41) is 6.71. The number of carbonyl (C=O) groups excluding carboxylic acids is 1. The summed E-state index contributed by atoms with van der Waals surface area (Å²) in [6.07, 6.45) is 1.59. The number of nitrogens with zero attached hydrogens (tertiary/aromatic N) is 1. The molecule has 27 heavy (non-hydrogen) atoms. The van der Waals surface area contributed by atoms with E-state index in [4.69, 9.17) is 16.3 Å². The van der Waals surface area contributed by atoms with Crippen LogP contribution in [0.4, 0.5) is 11.5 Å². The number of aryl methyl sites for hydroxylation is 1. The Morgan fingerprint density at radius 2 is 1.96 bits per heavy atom. The third kappa shape index (κ3) is 4.77. The van der Waals surface area contributed by atoms with Gasteiger partial charge in [-0.05, 0) is 48.4 Å². The minimum Gasteiger partial charge on any atom is -0.495 e. The molecule has 0 bridgehead atoms. The highest BCUT2D eigenvalue weighted by Gasteiger charge is 2.10. The maximum absolute atomic E-state index is 12.5. The van der Waals surface area contributed by atoms with E-state index in [0.717, 1.165) is 16.8 Å². The molecule has 138 valence electrons. The molecule has 5 nitrogen and oxygen atoms in total. The predicted octanol–water partition coefficient (Wildman–Crippen LogP) is 4.73. The van der Waals surface area contributed by atoms with Gasteiger partial charge in [-0.25, -0.2) is 4.98 Å². The van der Waals surface area contributed by atoms with E-state index in [1.54, 1.807) is 31.5 Å². The number of carbonyl (C=O) groups is 1. The van der Waals surface area contributed by atoms with Crippen LogP contribution in [0.3, 0.4) is 0 Å².